The Balaban J connectivity index is 2.21. The van der Waals surface area contributed by atoms with E-state index in [-0.39, 0.29) is 19.4 Å². The summed E-state index contributed by atoms with van der Waals surface area (Å²) in [7, 11) is 0. The molecule has 100 valence electrons. The molecule has 0 radical (unpaired) electrons. The van der Waals surface area contributed by atoms with Gasteiger partial charge in [-0.2, -0.15) is 0 Å². The van der Waals surface area contributed by atoms with Crippen molar-refractivity contribution in [2.75, 3.05) is 6.61 Å². The van der Waals surface area contributed by atoms with Crippen molar-refractivity contribution in [1.82, 2.24) is 9.38 Å². The predicted octanol–water partition coefficient (Wildman–Crippen LogP) is 0.815. The summed E-state index contributed by atoms with van der Waals surface area (Å²) < 4.78 is 6.98. The molecule has 0 aliphatic carbocycles. The first-order valence-electron chi connectivity index (χ1n) is 5.59. The first-order chi connectivity index (χ1) is 9.06. The summed E-state index contributed by atoms with van der Waals surface area (Å²) in [6.45, 7) is 0.0378. The largest absolute Gasteiger partial charge is 0.489 e. The second-order valence-electron chi connectivity index (χ2n) is 3.90. The molecule has 0 unspecified atom stereocenters. The Morgan fingerprint density at radius 2 is 2.11 bits per heavy atom. The molecule has 0 saturated carbocycles. The van der Waals surface area contributed by atoms with Crippen LogP contribution in [0, 0.1) is 0 Å². The molecule has 0 bridgehead atoms. The van der Waals surface area contributed by atoms with Crippen molar-refractivity contribution in [3.05, 3.63) is 30.2 Å². The highest BCUT2D eigenvalue weighted by Gasteiger charge is 2.10. The lowest BCUT2D eigenvalue weighted by molar-refractivity contribution is -0.138. The molecular weight excluding hydrogens is 252 g/mol. The molecule has 7 nitrogen and oxygen atoms in total. The second kappa shape index (κ2) is 5.38. The van der Waals surface area contributed by atoms with Crippen LogP contribution in [0.1, 0.15) is 12.1 Å². The van der Waals surface area contributed by atoms with Gasteiger partial charge in [-0.15, -0.1) is 0 Å². The Kier molecular flexibility index (Phi) is 3.65. The molecule has 2 N–H and O–H groups in total. The third-order valence-electron chi connectivity index (χ3n) is 2.40. The smallest absolute Gasteiger partial charge is 0.309 e. The zero-order chi connectivity index (χ0) is 13.8. The average Bonchev–Trinajstić information content (AvgIpc) is 2.70. The van der Waals surface area contributed by atoms with E-state index in [0.29, 0.717) is 17.1 Å². The van der Waals surface area contributed by atoms with E-state index >= 15 is 0 Å². The molecule has 0 aliphatic rings. The van der Waals surface area contributed by atoms with Crippen molar-refractivity contribution < 1.29 is 24.5 Å². The van der Waals surface area contributed by atoms with Crippen LogP contribution >= 0.6 is 0 Å². The fourth-order valence-corrected chi connectivity index (χ4v) is 1.64. The van der Waals surface area contributed by atoms with Crippen molar-refractivity contribution in [2.45, 2.75) is 12.8 Å². The summed E-state index contributed by atoms with van der Waals surface area (Å²) >= 11 is 0. The highest BCUT2D eigenvalue weighted by molar-refractivity contribution is 5.70. The monoisotopic (exact) mass is 264 g/mol. The topological polar surface area (TPSA) is 101 Å². The number of ether oxygens (including phenoxy) is 1. The first kappa shape index (κ1) is 12.9. The van der Waals surface area contributed by atoms with E-state index in [1.165, 1.54) is 0 Å². The van der Waals surface area contributed by atoms with E-state index in [9.17, 15) is 9.59 Å². The predicted molar refractivity (Wildman–Crippen MR) is 64.3 cm³/mol. The van der Waals surface area contributed by atoms with Gasteiger partial charge in [0.25, 0.3) is 0 Å². The lowest BCUT2D eigenvalue weighted by atomic mass is 10.3. The Morgan fingerprint density at radius 1 is 1.32 bits per heavy atom. The van der Waals surface area contributed by atoms with E-state index in [0.717, 1.165) is 0 Å². The number of hydrogen-bond acceptors (Lipinski definition) is 4. The van der Waals surface area contributed by atoms with Crippen LogP contribution in [-0.2, 0) is 16.0 Å². The van der Waals surface area contributed by atoms with Gasteiger partial charge in [0.1, 0.15) is 0 Å². The Bertz CT molecular complexity index is 620. The van der Waals surface area contributed by atoms with E-state index in [1.807, 2.05) is 0 Å². The van der Waals surface area contributed by atoms with Gasteiger partial charge in [-0.1, -0.05) is 0 Å². The van der Waals surface area contributed by atoms with Crippen LogP contribution in [0.2, 0.25) is 0 Å². The molecule has 2 rings (SSSR count). The van der Waals surface area contributed by atoms with Crippen molar-refractivity contribution in [1.29, 1.82) is 0 Å². The fourth-order valence-electron chi connectivity index (χ4n) is 1.64. The summed E-state index contributed by atoms with van der Waals surface area (Å²) in [5.41, 5.74) is 0.894. The average molecular weight is 264 g/mol. The van der Waals surface area contributed by atoms with Crippen LogP contribution in [0.25, 0.3) is 5.65 Å². The van der Waals surface area contributed by atoms with Gasteiger partial charge < -0.3 is 19.4 Å². The normalized spacial score (nSPS) is 10.5. The number of pyridine rings is 1. The van der Waals surface area contributed by atoms with Gasteiger partial charge in [0.2, 0.25) is 0 Å². The maximum absolute atomic E-state index is 10.6. The number of imidazole rings is 1. The standard InChI is InChI=1S/C12H12N2O5/c15-10(16)3-5-19-9-2-1-4-14-7-8(6-11(17)18)13-12(9)14/h1-2,4,7H,3,5-6H2,(H,15,16)(H,17,18). The number of carbonyl (C=O) groups is 2. The van der Waals surface area contributed by atoms with Crippen LogP contribution in [0.5, 0.6) is 5.75 Å². The maximum atomic E-state index is 10.6. The molecule has 0 fully saturated rings. The van der Waals surface area contributed by atoms with Gasteiger partial charge in [0.05, 0.1) is 25.1 Å². The van der Waals surface area contributed by atoms with Crippen LogP contribution in [-0.4, -0.2) is 38.1 Å². The number of nitrogens with zero attached hydrogens (tertiary/aromatic N) is 2. The van der Waals surface area contributed by atoms with Crippen LogP contribution < -0.4 is 4.74 Å². The zero-order valence-electron chi connectivity index (χ0n) is 9.94. The lowest BCUT2D eigenvalue weighted by Gasteiger charge is -2.05. The second-order valence-corrected chi connectivity index (χ2v) is 3.90. The number of rotatable bonds is 6. The molecular formula is C12H12N2O5. The molecule has 2 aromatic rings. The quantitative estimate of drug-likeness (QED) is 0.800. The number of fused-ring (bicyclic) bond motifs is 1. The molecule has 7 heteroatoms. The Hall–Kier alpha value is -2.57. The van der Waals surface area contributed by atoms with E-state index in [4.69, 9.17) is 14.9 Å². The molecule has 0 amide bonds. The molecule has 19 heavy (non-hydrogen) atoms. The minimum absolute atomic E-state index is 0.0378. The van der Waals surface area contributed by atoms with Crippen molar-refractivity contribution in [3.8, 4) is 5.75 Å². The third-order valence-corrected chi connectivity index (χ3v) is 2.40. The number of carboxylic acid groups (broad SMARTS) is 2. The van der Waals surface area contributed by atoms with Gasteiger partial charge in [0.15, 0.2) is 11.4 Å². The van der Waals surface area contributed by atoms with Gasteiger partial charge in [-0.3, -0.25) is 9.59 Å². The van der Waals surface area contributed by atoms with Gasteiger partial charge in [0, 0.05) is 12.4 Å². The molecule has 2 aromatic heterocycles. The van der Waals surface area contributed by atoms with E-state index in [1.54, 1.807) is 28.9 Å². The molecule has 0 spiro atoms. The fraction of sp³-hybridized carbons (Fsp3) is 0.250. The Labute approximate surface area is 108 Å². The Morgan fingerprint density at radius 3 is 2.79 bits per heavy atom. The number of carboxylic acids is 2. The summed E-state index contributed by atoms with van der Waals surface area (Å²) in [5, 5.41) is 17.3. The lowest BCUT2D eigenvalue weighted by Crippen LogP contribution is -2.05. The third kappa shape index (κ3) is 3.21. The minimum Gasteiger partial charge on any atom is -0.489 e. The summed E-state index contributed by atoms with van der Waals surface area (Å²) in [6.07, 6.45) is 3.05. The van der Waals surface area contributed by atoms with Gasteiger partial charge >= 0.3 is 11.9 Å². The summed E-state index contributed by atoms with van der Waals surface area (Å²) in [6, 6.07) is 3.38. The number of aliphatic carboxylic acids is 2. The number of aromatic nitrogens is 2. The van der Waals surface area contributed by atoms with Crippen LogP contribution in [0.3, 0.4) is 0 Å². The molecule has 0 aliphatic heterocycles. The highest BCUT2D eigenvalue weighted by Crippen LogP contribution is 2.19. The van der Waals surface area contributed by atoms with Crippen molar-refractivity contribution in [3.63, 3.8) is 0 Å². The molecule has 2 heterocycles. The SMILES string of the molecule is O=C(O)CCOc1cccn2cc(CC(=O)O)nc12. The van der Waals surface area contributed by atoms with Crippen molar-refractivity contribution >= 4 is 17.6 Å². The van der Waals surface area contributed by atoms with E-state index in [2.05, 4.69) is 4.98 Å². The van der Waals surface area contributed by atoms with E-state index < -0.39 is 11.9 Å². The zero-order valence-corrected chi connectivity index (χ0v) is 9.94. The van der Waals surface area contributed by atoms with Crippen molar-refractivity contribution in [2.24, 2.45) is 0 Å². The summed E-state index contributed by atoms with van der Waals surface area (Å²) in [4.78, 5) is 25.2. The molecule has 0 aromatic carbocycles. The maximum Gasteiger partial charge on any atom is 0.309 e. The van der Waals surface area contributed by atoms with Crippen LogP contribution in [0.15, 0.2) is 24.5 Å². The van der Waals surface area contributed by atoms with Gasteiger partial charge in [-0.25, -0.2) is 4.98 Å². The first-order valence-corrected chi connectivity index (χ1v) is 5.59. The van der Waals surface area contributed by atoms with Crippen LogP contribution in [0.4, 0.5) is 0 Å². The summed E-state index contributed by atoms with van der Waals surface area (Å²) in [5.74, 6) is -1.47. The molecule has 0 saturated heterocycles. The minimum atomic E-state index is -0.961. The highest BCUT2D eigenvalue weighted by atomic mass is 16.5. The number of hydrogen-bond donors (Lipinski definition) is 2. The van der Waals surface area contributed by atoms with Gasteiger partial charge in [-0.05, 0) is 12.1 Å². The molecule has 0 atom stereocenters.